The highest BCUT2D eigenvalue weighted by Crippen LogP contribution is 2.17. The van der Waals surface area contributed by atoms with Crippen molar-refractivity contribution in [2.24, 2.45) is 0 Å². The van der Waals surface area contributed by atoms with Gasteiger partial charge in [0.25, 0.3) is 5.91 Å². The van der Waals surface area contributed by atoms with E-state index in [0.29, 0.717) is 35.3 Å². The molecule has 1 saturated heterocycles. The van der Waals surface area contributed by atoms with Gasteiger partial charge >= 0.3 is 5.97 Å². The van der Waals surface area contributed by atoms with Gasteiger partial charge < -0.3 is 10.1 Å². The molecule has 36 heavy (non-hydrogen) atoms. The van der Waals surface area contributed by atoms with Crippen LogP contribution in [0, 0.1) is 11.8 Å². The molecule has 1 aliphatic heterocycles. The van der Waals surface area contributed by atoms with Gasteiger partial charge in [0.2, 0.25) is 11.8 Å². The number of likely N-dealkylation sites (N-methyl/N-ethyl adjacent to an activating group) is 1. The molecular formula is C26H26N4O6. The summed E-state index contributed by atoms with van der Waals surface area (Å²) in [5.41, 5.74) is 2.54. The maximum atomic E-state index is 12.2. The number of rotatable bonds is 8. The number of esters is 1. The molecule has 1 aromatic carbocycles. The van der Waals surface area contributed by atoms with Gasteiger partial charge in [-0.2, -0.15) is 0 Å². The van der Waals surface area contributed by atoms with Crippen molar-refractivity contribution in [3.05, 3.63) is 64.5 Å². The minimum atomic E-state index is -0.520. The lowest BCUT2D eigenvalue weighted by atomic mass is 10.0. The van der Waals surface area contributed by atoms with Gasteiger partial charge in [0, 0.05) is 37.2 Å². The number of amides is 3. The molecule has 2 aromatic rings. The molecule has 1 aromatic heterocycles. The minimum absolute atomic E-state index is 0.178. The lowest BCUT2D eigenvalue weighted by Gasteiger charge is -2.30. The molecular weight excluding hydrogens is 464 g/mol. The summed E-state index contributed by atoms with van der Waals surface area (Å²) in [5, 5.41) is 5.02. The van der Waals surface area contributed by atoms with E-state index in [9.17, 15) is 24.0 Å². The first-order chi connectivity index (χ1) is 17.3. The molecule has 0 aliphatic carbocycles. The van der Waals surface area contributed by atoms with Crippen LogP contribution >= 0.6 is 0 Å². The van der Waals surface area contributed by atoms with Crippen LogP contribution in [0.2, 0.25) is 0 Å². The van der Waals surface area contributed by atoms with Crippen LogP contribution in [0.1, 0.15) is 57.3 Å². The molecule has 10 nitrogen and oxygen atoms in total. The molecule has 0 spiro atoms. The molecule has 1 unspecified atom stereocenters. The summed E-state index contributed by atoms with van der Waals surface area (Å²) >= 11 is 0. The summed E-state index contributed by atoms with van der Waals surface area (Å²) in [7, 11) is 1.76. The number of hydrogen-bond acceptors (Lipinski definition) is 8. The third kappa shape index (κ3) is 7.07. The van der Waals surface area contributed by atoms with Gasteiger partial charge in [-0.1, -0.05) is 18.2 Å². The van der Waals surface area contributed by atoms with E-state index < -0.39 is 17.9 Å². The normalized spacial score (nSPS) is 14.9. The maximum absolute atomic E-state index is 12.2. The number of pyridine rings is 1. The number of nitrogens with one attached hydrogen (secondary N) is 2. The van der Waals surface area contributed by atoms with Gasteiger partial charge in [0.05, 0.1) is 18.2 Å². The quantitative estimate of drug-likeness (QED) is 0.242. The number of imide groups is 1. The molecule has 2 N–H and O–H groups in total. The van der Waals surface area contributed by atoms with E-state index in [1.807, 2.05) is 0 Å². The highest BCUT2D eigenvalue weighted by atomic mass is 16.5. The highest BCUT2D eigenvalue weighted by Gasteiger charge is 2.30. The predicted molar refractivity (Wildman–Crippen MR) is 128 cm³/mol. The smallest absolute Gasteiger partial charge is 0.339 e. The SMILES string of the molecule is CCOC(=O)c1ccc(C#CC(=O)NCc2ccc(C=O)c(CN(C)C3CCC(=O)NC3=O)c2)nc1. The van der Waals surface area contributed by atoms with Crippen molar-refractivity contribution in [3.8, 4) is 11.8 Å². The molecule has 10 heteroatoms. The average molecular weight is 491 g/mol. The van der Waals surface area contributed by atoms with E-state index >= 15 is 0 Å². The van der Waals surface area contributed by atoms with Gasteiger partial charge in [0.1, 0.15) is 12.0 Å². The van der Waals surface area contributed by atoms with Crippen LogP contribution in [-0.2, 0) is 32.2 Å². The second-order valence-electron chi connectivity index (χ2n) is 8.12. The van der Waals surface area contributed by atoms with Gasteiger partial charge in [-0.3, -0.25) is 29.4 Å². The molecule has 186 valence electrons. The van der Waals surface area contributed by atoms with Crippen LogP contribution in [0.3, 0.4) is 0 Å². The van der Waals surface area contributed by atoms with Gasteiger partial charge in [-0.05, 0) is 49.6 Å². The second-order valence-corrected chi connectivity index (χ2v) is 8.12. The van der Waals surface area contributed by atoms with E-state index in [1.54, 1.807) is 37.1 Å². The van der Waals surface area contributed by atoms with Crippen LogP contribution in [0.5, 0.6) is 0 Å². The number of aromatic nitrogens is 1. The monoisotopic (exact) mass is 490 g/mol. The average Bonchev–Trinajstić information content (AvgIpc) is 2.86. The van der Waals surface area contributed by atoms with E-state index in [0.717, 1.165) is 11.8 Å². The lowest BCUT2D eigenvalue weighted by Crippen LogP contribution is -2.51. The molecule has 2 heterocycles. The van der Waals surface area contributed by atoms with Crippen molar-refractivity contribution in [2.45, 2.75) is 38.9 Å². The molecule has 1 fully saturated rings. The first-order valence-electron chi connectivity index (χ1n) is 11.3. The van der Waals surface area contributed by atoms with Crippen molar-refractivity contribution in [1.82, 2.24) is 20.5 Å². The zero-order valence-electron chi connectivity index (χ0n) is 20.0. The Hall–Kier alpha value is -4.36. The summed E-state index contributed by atoms with van der Waals surface area (Å²) in [6.45, 7) is 2.46. The van der Waals surface area contributed by atoms with Crippen LogP contribution in [0.15, 0.2) is 36.5 Å². The number of aldehydes is 1. The Labute approximate surface area is 208 Å². The van der Waals surface area contributed by atoms with Gasteiger partial charge in [-0.15, -0.1) is 0 Å². The molecule has 0 bridgehead atoms. The molecule has 1 atom stereocenters. The summed E-state index contributed by atoms with van der Waals surface area (Å²) in [6.07, 6.45) is 2.75. The zero-order chi connectivity index (χ0) is 26.1. The van der Waals surface area contributed by atoms with Crippen LogP contribution in [0.4, 0.5) is 0 Å². The van der Waals surface area contributed by atoms with Gasteiger partial charge in [-0.25, -0.2) is 9.78 Å². The van der Waals surface area contributed by atoms with Crippen LogP contribution < -0.4 is 10.6 Å². The fourth-order valence-electron chi connectivity index (χ4n) is 3.65. The van der Waals surface area contributed by atoms with Gasteiger partial charge in [0.15, 0.2) is 0 Å². The van der Waals surface area contributed by atoms with E-state index in [1.165, 1.54) is 18.3 Å². The number of nitrogens with zero attached hydrogens (tertiary/aromatic N) is 2. The first kappa shape index (κ1) is 26.2. The fourth-order valence-corrected chi connectivity index (χ4v) is 3.65. The zero-order valence-corrected chi connectivity index (χ0v) is 20.0. The fraction of sp³-hybridized carbons (Fsp3) is 0.308. The second kappa shape index (κ2) is 12.4. The number of carbonyl (C=O) groups is 5. The van der Waals surface area contributed by atoms with Crippen molar-refractivity contribution in [2.75, 3.05) is 13.7 Å². The predicted octanol–water partition coefficient (Wildman–Crippen LogP) is 0.976. The largest absolute Gasteiger partial charge is 0.462 e. The Kier molecular flexibility index (Phi) is 9.02. The van der Waals surface area contributed by atoms with E-state index in [-0.39, 0.29) is 31.4 Å². The lowest BCUT2D eigenvalue weighted by molar-refractivity contribution is -0.137. The number of benzene rings is 1. The molecule has 3 rings (SSSR count). The third-order valence-corrected chi connectivity index (χ3v) is 5.53. The van der Waals surface area contributed by atoms with Crippen molar-refractivity contribution in [3.63, 3.8) is 0 Å². The standard InChI is InChI=1S/C26H26N4O6/c1-3-36-26(35)18-6-7-21(27-14-18)8-10-23(32)28-13-17-4-5-19(16-31)20(12-17)15-30(2)22-9-11-24(33)29-25(22)34/h4-7,12,14,16,22H,3,9,11,13,15H2,1-2H3,(H,28,32)(H,29,33,34). The maximum Gasteiger partial charge on any atom is 0.339 e. The Morgan fingerprint density at radius 2 is 2.08 bits per heavy atom. The number of hydrogen-bond donors (Lipinski definition) is 2. The summed E-state index contributed by atoms with van der Waals surface area (Å²) in [6, 6.07) is 7.74. The van der Waals surface area contributed by atoms with Crippen molar-refractivity contribution >= 4 is 30.0 Å². The van der Waals surface area contributed by atoms with Crippen LogP contribution in [0.25, 0.3) is 0 Å². The summed E-state index contributed by atoms with van der Waals surface area (Å²) < 4.78 is 4.89. The third-order valence-electron chi connectivity index (χ3n) is 5.53. The Balaban J connectivity index is 1.60. The Morgan fingerprint density at radius 3 is 2.75 bits per heavy atom. The Morgan fingerprint density at radius 1 is 1.28 bits per heavy atom. The topological polar surface area (TPSA) is 135 Å². The van der Waals surface area contributed by atoms with E-state index in [4.69, 9.17) is 4.74 Å². The molecule has 1 aliphatic rings. The van der Waals surface area contributed by atoms with E-state index in [2.05, 4.69) is 27.5 Å². The summed E-state index contributed by atoms with van der Waals surface area (Å²) in [5.74, 6) is 3.44. The number of piperidine rings is 1. The van der Waals surface area contributed by atoms with Crippen LogP contribution in [-0.4, -0.2) is 59.6 Å². The van der Waals surface area contributed by atoms with Crippen molar-refractivity contribution in [1.29, 1.82) is 0 Å². The molecule has 3 amide bonds. The van der Waals surface area contributed by atoms with Crippen molar-refractivity contribution < 1.29 is 28.7 Å². The number of ether oxygens (including phenoxy) is 1. The molecule has 0 radical (unpaired) electrons. The minimum Gasteiger partial charge on any atom is -0.462 e. The Bertz CT molecular complexity index is 1230. The molecule has 0 saturated carbocycles. The summed E-state index contributed by atoms with van der Waals surface area (Å²) in [4.78, 5) is 64.7. The number of carbonyl (C=O) groups excluding carboxylic acids is 5. The first-order valence-corrected chi connectivity index (χ1v) is 11.3. The highest BCUT2D eigenvalue weighted by molar-refractivity contribution is 6.00.